The van der Waals surface area contributed by atoms with Crippen molar-refractivity contribution in [2.75, 3.05) is 11.9 Å². The van der Waals surface area contributed by atoms with Crippen molar-refractivity contribution in [3.8, 4) is 0 Å². The standard InChI is InChI=1S/C13H18N2O2/c1-3-17-13(16)11-5-4-8-14-12(11)15-9(2)10-6-7-10/h4-5,8-10H,3,6-7H2,1-2H3,(H,14,15). The van der Waals surface area contributed by atoms with Crippen LogP contribution in [0.25, 0.3) is 0 Å². The summed E-state index contributed by atoms with van der Waals surface area (Å²) in [5, 5.41) is 3.30. The van der Waals surface area contributed by atoms with Gasteiger partial charge in [-0.15, -0.1) is 0 Å². The van der Waals surface area contributed by atoms with Gasteiger partial charge in [-0.1, -0.05) is 0 Å². The molecule has 1 fully saturated rings. The molecule has 0 aliphatic heterocycles. The highest BCUT2D eigenvalue weighted by atomic mass is 16.5. The van der Waals surface area contributed by atoms with Gasteiger partial charge in [0, 0.05) is 12.2 Å². The molecule has 1 N–H and O–H groups in total. The predicted octanol–water partition coefficient (Wildman–Crippen LogP) is 2.47. The zero-order valence-corrected chi connectivity index (χ0v) is 10.3. The normalized spacial score (nSPS) is 16.4. The first-order chi connectivity index (χ1) is 8.22. The van der Waals surface area contributed by atoms with E-state index in [1.807, 2.05) is 0 Å². The minimum Gasteiger partial charge on any atom is -0.462 e. The molecule has 1 aromatic rings. The van der Waals surface area contributed by atoms with Crippen LogP contribution in [0.3, 0.4) is 0 Å². The fourth-order valence-corrected chi connectivity index (χ4v) is 1.82. The minimum absolute atomic E-state index is 0.314. The van der Waals surface area contributed by atoms with E-state index in [2.05, 4.69) is 17.2 Å². The molecule has 0 radical (unpaired) electrons. The second kappa shape index (κ2) is 5.17. The van der Waals surface area contributed by atoms with Gasteiger partial charge in [-0.2, -0.15) is 0 Å². The van der Waals surface area contributed by atoms with Crippen molar-refractivity contribution in [2.24, 2.45) is 5.92 Å². The van der Waals surface area contributed by atoms with Crippen LogP contribution in [0.5, 0.6) is 0 Å². The molecule has 1 aliphatic carbocycles. The molecular formula is C13H18N2O2. The number of nitrogens with one attached hydrogen (secondary N) is 1. The Hall–Kier alpha value is -1.58. The van der Waals surface area contributed by atoms with E-state index in [0.717, 1.165) is 0 Å². The van der Waals surface area contributed by atoms with Crippen molar-refractivity contribution in [3.63, 3.8) is 0 Å². The summed E-state index contributed by atoms with van der Waals surface area (Å²) in [6.45, 7) is 4.31. The molecule has 1 aromatic heterocycles. The van der Waals surface area contributed by atoms with Crippen LogP contribution in [0.2, 0.25) is 0 Å². The van der Waals surface area contributed by atoms with Gasteiger partial charge >= 0.3 is 5.97 Å². The van der Waals surface area contributed by atoms with E-state index in [9.17, 15) is 4.79 Å². The fourth-order valence-electron chi connectivity index (χ4n) is 1.82. The average Bonchev–Trinajstić information content (AvgIpc) is 3.13. The van der Waals surface area contributed by atoms with Crippen LogP contribution in [0.1, 0.15) is 37.0 Å². The van der Waals surface area contributed by atoms with Gasteiger partial charge in [0.05, 0.1) is 6.61 Å². The first-order valence-corrected chi connectivity index (χ1v) is 6.11. The molecule has 2 rings (SSSR count). The molecule has 1 unspecified atom stereocenters. The van der Waals surface area contributed by atoms with Crippen LogP contribution in [0.4, 0.5) is 5.82 Å². The van der Waals surface area contributed by atoms with Gasteiger partial charge in [-0.25, -0.2) is 9.78 Å². The predicted molar refractivity (Wildman–Crippen MR) is 66.0 cm³/mol. The number of ether oxygens (including phenoxy) is 1. The second-order valence-corrected chi connectivity index (χ2v) is 4.39. The molecule has 4 nitrogen and oxygen atoms in total. The Bertz CT molecular complexity index is 402. The maximum Gasteiger partial charge on any atom is 0.341 e. The van der Waals surface area contributed by atoms with E-state index in [1.165, 1.54) is 12.8 Å². The summed E-state index contributed by atoms with van der Waals surface area (Å²) in [5.41, 5.74) is 0.516. The Kier molecular flexibility index (Phi) is 3.61. The third kappa shape index (κ3) is 2.96. The smallest absolute Gasteiger partial charge is 0.341 e. The highest BCUT2D eigenvalue weighted by Gasteiger charge is 2.28. The Labute approximate surface area is 101 Å². The minimum atomic E-state index is -0.314. The van der Waals surface area contributed by atoms with Crippen LogP contribution < -0.4 is 5.32 Å². The number of pyridine rings is 1. The van der Waals surface area contributed by atoms with Gasteiger partial charge in [0.2, 0.25) is 0 Å². The summed E-state index contributed by atoms with van der Waals surface area (Å²) in [6, 6.07) is 3.85. The van der Waals surface area contributed by atoms with Crippen LogP contribution in [-0.2, 0) is 4.74 Å². The molecule has 0 saturated heterocycles. The maximum atomic E-state index is 11.7. The van der Waals surface area contributed by atoms with E-state index in [1.54, 1.807) is 25.3 Å². The highest BCUT2D eigenvalue weighted by Crippen LogP contribution is 2.34. The number of hydrogen-bond acceptors (Lipinski definition) is 4. The molecule has 1 atom stereocenters. The number of aromatic nitrogens is 1. The molecule has 92 valence electrons. The second-order valence-electron chi connectivity index (χ2n) is 4.39. The molecule has 0 aromatic carbocycles. The third-order valence-electron chi connectivity index (χ3n) is 3.00. The van der Waals surface area contributed by atoms with Gasteiger partial charge in [-0.3, -0.25) is 0 Å². The van der Waals surface area contributed by atoms with E-state index in [0.29, 0.717) is 29.9 Å². The Balaban J connectivity index is 2.11. The number of esters is 1. The first-order valence-electron chi connectivity index (χ1n) is 6.11. The lowest BCUT2D eigenvalue weighted by Gasteiger charge is -2.15. The molecule has 0 spiro atoms. The summed E-state index contributed by atoms with van der Waals surface area (Å²) >= 11 is 0. The molecule has 4 heteroatoms. The number of nitrogens with zero attached hydrogens (tertiary/aromatic N) is 1. The van der Waals surface area contributed by atoms with Gasteiger partial charge in [0.15, 0.2) is 0 Å². The SMILES string of the molecule is CCOC(=O)c1cccnc1NC(C)C1CC1. The van der Waals surface area contributed by atoms with Gasteiger partial charge in [0.25, 0.3) is 0 Å². The average molecular weight is 234 g/mol. The molecule has 0 amide bonds. The zero-order chi connectivity index (χ0) is 12.3. The summed E-state index contributed by atoms with van der Waals surface area (Å²) in [5.74, 6) is 1.03. The van der Waals surface area contributed by atoms with Crippen LogP contribution >= 0.6 is 0 Å². The first kappa shape index (κ1) is 11.9. The Morgan fingerprint density at radius 2 is 2.41 bits per heavy atom. The topological polar surface area (TPSA) is 51.2 Å². The van der Waals surface area contributed by atoms with Crippen molar-refractivity contribution in [1.82, 2.24) is 4.98 Å². The number of hydrogen-bond donors (Lipinski definition) is 1. The van der Waals surface area contributed by atoms with Crippen LogP contribution in [0, 0.1) is 5.92 Å². The summed E-state index contributed by atoms with van der Waals surface area (Å²) in [4.78, 5) is 16.0. The lowest BCUT2D eigenvalue weighted by Crippen LogP contribution is -2.20. The Morgan fingerprint density at radius 1 is 1.65 bits per heavy atom. The lowest BCUT2D eigenvalue weighted by atomic mass is 10.2. The molecule has 1 aliphatic rings. The quantitative estimate of drug-likeness (QED) is 0.795. The number of anilines is 1. The summed E-state index contributed by atoms with van der Waals surface area (Å²) in [6.07, 6.45) is 4.20. The van der Waals surface area contributed by atoms with Crippen molar-refractivity contribution < 1.29 is 9.53 Å². The fraction of sp³-hybridized carbons (Fsp3) is 0.538. The molecular weight excluding hydrogens is 216 g/mol. The molecule has 1 saturated carbocycles. The maximum absolute atomic E-state index is 11.7. The van der Waals surface area contributed by atoms with Crippen LogP contribution in [0.15, 0.2) is 18.3 Å². The van der Waals surface area contributed by atoms with E-state index >= 15 is 0 Å². The zero-order valence-electron chi connectivity index (χ0n) is 10.3. The van der Waals surface area contributed by atoms with Crippen molar-refractivity contribution in [3.05, 3.63) is 23.9 Å². The van der Waals surface area contributed by atoms with Gasteiger partial charge < -0.3 is 10.1 Å². The third-order valence-corrected chi connectivity index (χ3v) is 3.00. The van der Waals surface area contributed by atoms with Gasteiger partial charge in [0.1, 0.15) is 11.4 Å². The number of carbonyl (C=O) groups excluding carboxylic acids is 1. The molecule has 17 heavy (non-hydrogen) atoms. The van der Waals surface area contributed by atoms with Gasteiger partial charge in [-0.05, 0) is 44.7 Å². The van der Waals surface area contributed by atoms with Crippen LogP contribution in [-0.4, -0.2) is 23.6 Å². The van der Waals surface area contributed by atoms with Crippen molar-refractivity contribution in [1.29, 1.82) is 0 Å². The van der Waals surface area contributed by atoms with E-state index in [-0.39, 0.29) is 5.97 Å². The lowest BCUT2D eigenvalue weighted by molar-refractivity contribution is 0.0527. The highest BCUT2D eigenvalue weighted by molar-refractivity contribution is 5.94. The number of rotatable bonds is 5. The number of carbonyl (C=O) groups is 1. The van der Waals surface area contributed by atoms with Crippen molar-refractivity contribution in [2.45, 2.75) is 32.7 Å². The summed E-state index contributed by atoms with van der Waals surface area (Å²) < 4.78 is 5.01. The molecule has 1 heterocycles. The Morgan fingerprint density at radius 3 is 3.06 bits per heavy atom. The largest absolute Gasteiger partial charge is 0.462 e. The monoisotopic (exact) mass is 234 g/mol. The van der Waals surface area contributed by atoms with E-state index < -0.39 is 0 Å². The van der Waals surface area contributed by atoms with Crippen molar-refractivity contribution >= 4 is 11.8 Å². The molecule has 0 bridgehead atoms. The van der Waals surface area contributed by atoms with E-state index in [4.69, 9.17) is 4.74 Å². The summed E-state index contributed by atoms with van der Waals surface area (Å²) in [7, 11) is 0.